The lowest BCUT2D eigenvalue weighted by atomic mass is 10.1. The van der Waals surface area contributed by atoms with Gasteiger partial charge in [0.05, 0.1) is 11.0 Å². The number of hydrogen-bond donors (Lipinski definition) is 0. The van der Waals surface area contributed by atoms with E-state index in [0.717, 1.165) is 61.2 Å². The summed E-state index contributed by atoms with van der Waals surface area (Å²) in [4.78, 5) is 11.4. The number of nitrogens with zero attached hydrogens (tertiary/aromatic N) is 4. The highest BCUT2D eigenvalue weighted by Gasteiger charge is 2.17. The van der Waals surface area contributed by atoms with Crippen LogP contribution in [0.4, 0.5) is 17.1 Å². The van der Waals surface area contributed by atoms with Crippen molar-refractivity contribution in [3.8, 4) is 17.1 Å². The van der Waals surface area contributed by atoms with Crippen LogP contribution in [0.15, 0.2) is 150 Å². The summed E-state index contributed by atoms with van der Waals surface area (Å²) in [7, 11) is 0. The molecular weight excluding hydrogens is 504 g/mol. The molecule has 0 unspecified atom stereocenters. The van der Waals surface area contributed by atoms with Crippen LogP contribution >= 0.6 is 0 Å². The van der Waals surface area contributed by atoms with Crippen molar-refractivity contribution >= 4 is 50.0 Å². The van der Waals surface area contributed by atoms with Crippen molar-refractivity contribution in [1.82, 2.24) is 14.5 Å². The topological polar surface area (TPSA) is 47.1 Å². The van der Waals surface area contributed by atoms with Crippen LogP contribution in [0.25, 0.3) is 50.0 Å². The Kier molecular flexibility index (Phi) is 5.38. The van der Waals surface area contributed by atoms with Crippen LogP contribution in [0, 0.1) is 0 Å². The molecule has 0 saturated carbocycles. The Hall–Kier alpha value is -5.68. The van der Waals surface area contributed by atoms with Crippen LogP contribution in [0.5, 0.6) is 0 Å². The van der Waals surface area contributed by atoms with E-state index in [-0.39, 0.29) is 0 Å². The minimum atomic E-state index is 0.621. The maximum Gasteiger partial charge on any atom is 0.227 e. The molecule has 5 aromatic carbocycles. The number of hydrogen-bond acceptors (Lipinski definition) is 4. The molecule has 0 aliphatic carbocycles. The van der Waals surface area contributed by atoms with E-state index in [4.69, 9.17) is 4.42 Å². The standard InChI is InChI=1S/C36H24N4O/c1-3-9-26(10-4-1)39(27-11-5-2-6-12-27)29-19-20-33-30(23-29)31-24-37-22-21-34(31)40(33)28-17-15-25(16-18-28)36-38-32-13-7-8-14-35(32)41-36/h1-24H. The number of anilines is 3. The summed E-state index contributed by atoms with van der Waals surface area (Å²) in [6.45, 7) is 0. The van der Waals surface area contributed by atoms with Gasteiger partial charge in [-0.1, -0.05) is 48.5 Å². The SMILES string of the molecule is c1ccc(N(c2ccccc2)c2ccc3c(c2)c2cnccc2n3-c2ccc(-c3nc4ccccc4o3)cc2)cc1. The fourth-order valence-corrected chi connectivity index (χ4v) is 5.62. The Morgan fingerprint density at radius 3 is 2.00 bits per heavy atom. The molecule has 5 heteroatoms. The first-order chi connectivity index (χ1) is 20.3. The van der Waals surface area contributed by atoms with E-state index in [1.54, 1.807) is 0 Å². The van der Waals surface area contributed by atoms with E-state index in [9.17, 15) is 0 Å². The Morgan fingerprint density at radius 2 is 1.27 bits per heavy atom. The Bertz CT molecular complexity index is 2070. The average Bonchev–Trinajstić information content (AvgIpc) is 3.62. The van der Waals surface area contributed by atoms with Crippen molar-refractivity contribution in [2.45, 2.75) is 0 Å². The lowest BCUT2D eigenvalue weighted by Crippen LogP contribution is -2.09. The zero-order chi connectivity index (χ0) is 27.2. The van der Waals surface area contributed by atoms with E-state index < -0.39 is 0 Å². The first-order valence-corrected chi connectivity index (χ1v) is 13.6. The summed E-state index contributed by atoms with van der Waals surface area (Å²) in [5, 5.41) is 2.25. The van der Waals surface area contributed by atoms with Gasteiger partial charge in [0.15, 0.2) is 5.58 Å². The highest BCUT2D eigenvalue weighted by molar-refractivity contribution is 6.10. The van der Waals surface area contributed by atoms with Crippen LogP contribution in [0.2, 0.25) is 0 Å². The van der Waals surface area contributed by atoms with Crippen LogP contribution in [-0.2, 0) is 0 Å². The third kappa shape index (κ3) is 3.95. The van der Waals surface area contributed by atoms with Crippen molar-refractivity contribution in [3.05, 3.63) is 146 Å². The van der Waals surface area contributed by atoms with Gasteiger partial charge >= 0.3 is 0 Å². The lowest BCUT2D eigenvalue weighted by Gasteiger charge is -2.25. The molecule has 0 bridgehead atoms. The number of para-hydroxylation sites is 4. The van der Waals surface area contributed by atoms with E-state index >= 15 is 0 Å². The van der Waals surface area contributed by atoms with Gasteiger partial charge in [-0.15, -0.1) is 0 Å². The van der Waals surface area contributed by atoms with Gasteiger partial charge in [0.25, 0.3) is 0 Å². The fourth-order valence-electron chi connectivity index (χ4n) is 5.62. The van der Waals surface area contributed by atoms with Crippen molar-refractivity contribution < 1.29 is 4.42 Å². The molecule has 0 aliphatic heterocycles. The number of rotatable bonds is 5. The van der Waals surface area contributed by atoms with Gasteiger partial charge in [-0.05, 0) is 84.9 Å². The fraction of sp³-hybridized carbons (Fsp3) is 0. The monoisotopic (exact) mass is 528 g/mol. The summed E-state index contributed by atoms with van der Waals surface area (Å²) in [6.07, 6.45) is 3.81. The molecule has 0 spiro atoms. The Labute approximate surface area is 236 Å². The highest BCUT2D eigenvalue weighted by Crippen LogP contribution is 2.39. The zero-order valence-corrected chi connectivity index (χ0v) is 22.1. The Morgan fingerprint density at radius 1 is 0.585 bits per heavy atom. The third-order valence-corrected chi connectivity index (χ3v) is 7.50. The minimum Gasteiger partial charge on any atom is -0.436 e. The van der Waals surface area contributed by atoms with Crippen molar-refractivity contribution in [1.29, 1.82) is 0 Å². The molecule has 3 aromatic heterocycles. The van der Waals surface area contributed by atoms with Gasteiger partial charge in [-0.3, -0.25) is 4.98 Å². The molecule has 41 heavy (non-hydrogen) atoms. The normalized spacial score (nSPS) is 11.4. The predicted molar refractivity (Wildman–Crippen MR) is 166 cm³/mol. The minimum absolute atomic E-state index is 0.621. The number of fused-ring (bicyclic) bond motifs is 4. The number of aromatic nitrogens is 3. The maximum atomic E-state index is 6.00. The molecule has 8 aromatic rings. The molecule has 0 fully saturated rings. The van der Waals surface area contributed by atoms with Gasteiger partial charge in [-0.25, -0.2) is 4.98 Å². The largest absolute Gasteiger partial charge is 0.436 e. The lowest BCUT2D eigenvalue weighted by molar-refractivity contribution is 0.620. The van der Waals surface area contributed by atoms with Crippen molar-refractivity contribution in [2.24, 2.45) is 0 Å². The van der Waals surface area contributed by atoms with Crippen LogP contribution < -0.4 is 4.90 Å². The van der Waals surface area contributed by atoms with Crippen molar-refractivity contribution in [3.63, 3.8) is 0 Å². The van der Waals surface area contributed by atoms with Gasteiger partial charge < -0.3 is 13.9 Å². The van der Waals surface area contributed by atoms with Crippen LogP contribution in [-0.4, -0.2) is 14.5 Å². The first kappa shape index (κ1) is 23.2. The first-order valence-electron chi connectivity index (χ1n) is 13.6. The molecule has 0 N–H and O–H groups in total. The number of pyridine rings is 1. The third-order valence-electron chi connectivity index (χ3n) is 7.50. The van der Waals surface area contributed by atoms with E-state index in [2.05, 4.69) is 116 Å². The van der Waals surface area contributed by atoms with E-state index in [1.807, 2.05) is 48.8 Å². The molecule has 0 atom stereocenters. The molecule has 194 valence electrons. The zero-order valence-electron chi connectivity index (χ0n) is 22.1. The van der Waals surface area contributed by atoms with E-state index in [0.29, 0.717) is 5.89 Å². The molecule has 0 aliphatic rings. The molecule has 0 saturated heterocycles. The smallest absolute Gasteiger partial charge is 0.227 e. The summed E-state index contributed by atoms with van der Waals surface area (Å²) < 4.78 is 8.30. The highest BCUT2D eigenvalue weighted by atomic mass is 16.3. The summed E-state index contributed by atoms with van der Waals surface area (Å²) in [5.74, 6) is 0.621. The average molecular weight is 529 g/mol. The molecule has 0 amide bonds. The molecular formula is C36H24N4O. The number of oxazole rings is 1. The summed E-state index contributed by atoms with van der Waals surface area (Å²) in [5.41, 5.74) is 9.17. The van der Waals surface area contributed by atoms with Gasteiger partial charge in [0.1, 0.15) is 5.52 Å². The molecule has 5 nitrogen and oxygen atoms in total. The molecule has 3 heterocycles. The van der Waals surface area contributed by atoms with Crippen LogP contribution in [0.3, 0.4) is 0 Å². The van der Waals surface area contributed by atoms with E-state index in [1.165, 1.54) is 0 Å². The second-order valence-electron chi connectivity index (χ2n) is 9.97. The molecule has 8 rings (SSSR count). The summed E-state index contributed by atoms with van der Waals surface area (Å²) in [6, 6.07) is 45.9. The maximum absolute atomic E-state index is 6.00. The quantitative estimate of drug-likeness (QED) is 0.223. The van der Waals surface area contributed by atoms with Crippen LogP contribution in [0.1, 0.15) is 0 Å². The summed E-state index contributed by atoms with van der Waals surface area (Å²) >= 11 is 0. The van der Waals surface area contributed by atoms with Crippen molar-refractivity contribution in [2.75, 3.05) is 4.90 Å². The van der Waals surface area contributed by atoms with Gasteiger partial charge in [-0.2, -0.15) is 0 Å². The van der Waals surface area contributed by atoms with Gasteiger partial charge in [0, 0.05) is 51.5 Å². The Balaban J connectivity index is 1.27. The van der Waals surface area contributed by atoms with Gasteiger partial charge in [0.2, 0.25) is 5.89 Å². The molecule has 0 radical (unpaired) electrons. The predicted octanol–water partition coefficient (Wildman–Crippen LogP) is 9.46. The second-order valence-corrected chi connectivity index (χ2v) is 9.97. The second kappa shape index (κ2) is 9.50. The number of benzene rings is 5.